The zero-order chi connectivity index (χ0) is 22.4. The third kappa shape index (κ3) is 4.61. The Balaban J connectivity index is 2.65. The van der Waals surface area contributed by atoms with Gasteiger partial charge in [-0.25, -0.2) is 18.4 Å². The van der Waals surface area contributed by atoms with Crippen LogP contribution in [0.25, 0.3) is 11.2 Å². The van der Waals surface area contributed by atoms with Crippen LogP contribution in [-0.4, -0.2) is 65.3 Å². The minimum Gasteiger partial charge on any atom is -0.309 e. The van der Waals surface area contributed by atoms with Crippen LogP contribution >= 0.6 is 0 Å². The lowest BCUT2D eigenvalue weighted by Crippen LogP contribution is -2.49. The maximum absolute atomic E-state index is 13.3. The van der Waals surface area contributed by atoms with Crippen molar-refractivity contribution >= 4 is 26.8 Å². The fraction of sp³-hybridized carbons (Fsp3) is 0.611. The molecule has 7 nitrogen and oxygen atoms in total. The molecule has 0 aliphatic rings. The van der Waals surface area contributed by atoms with Crippen molar-refractivity contribution in [2.24, 2.45) is 12.5 Å². The second kappa shape index (κ2) is 7.67. The van der Waals surface area contributed by atoms with Crippen LogP contribution in [0.2, 0.25) is 0 Å². The van der Waals surface area contributed by atoms with Crippen molar-refractivity contribution in [3.8, 4) is 0 Å². The van der Waals surface area contributed by atoms with Crippen LogP contribution in [-0.2, 0) is 23.1 Å². The van der Waals surface area contributed by atoms with Gasteiger partial charge in [-0.15, -0.1) is 0 Å². The number of nitrogens with zero attached hydrogens (tertiary/aromatic N) is 4. The number of fused-ring (bicyclic) bond motifs is 1. The summed E-state index contributed by atoms with van der Waals surface area (Å²) in [6, 6.07) is 0.799. The molecule has 0 aromatic carbocycles. The van der Waals surface area contributed by atoms with Crippen molar-refractivity contribution in [2.45, 2.75) is 32.2 Å². The second-order valence-corrected chi connectivity index (χ2v) is 10.4. The zero-order valence-corrected chi connectivity index (χ0v) is 18.0. The molecule has 0 amide bonds. The van der Waals surface area contributed by atoms with Crippen molar-refractivity contribution in [3.63, 3.8) is 0 Å². The number of sulfone groups is 1. The van der Waals surface area contributed by atoms with E-state index in [-0.39, 0.29) is 22.7 Å². The van der Waals surface area contributed by atoms with Gasteiger partial charge in [-0.3, -0.25) is 4.79 Å². The number of pyridine rings is 1. The fourth-order valence-electron chi connectivity index (χ4n) is 3.64. The van der Waals surface area contributed by atoms with Crippen molar-refractivity contribution in [1.29, 1.82) is 0 Å². The normalized spacial score (nSPS) is 14.6. The van der Waals surface area contributed by atoms with E-state index in [1.54, 1.807) is 32.8 Å². The smallest absolute Gasteiger partial charge is 0.309 e. The first-order valence-electron chi connectivity index (χ1n) is 8.92. The van der Waals surface area contributed by atoms with Gasteiger partial charge in [0.25, 0.3) is 0 Å². The number of ketones is 1. The Bertz CT molecular complexity index is 1030. The van der Waals surface area contributed by atoms with Gasteiger partial charge >= 0.3 is 6.18 Å². The lowest BCUT2D eigenvalue weighted by Gasteiger charge is -2.34. The number of aryl methyl sites for hydroxylation is 1. The topological polar surface area (TPSA) is 85.2 Å². The van der Waals surface area contributed by atoms with Gasteiger partial charge in [0.1, 0.15) is 10.8 Å². The van der Waals surface area contributed by atoms with E-state index >= 15 is 0 Å². The Morgan fingerprint density at radius 2 is 1.86 bits per heavy atom. The maximum Gasteiger partial charge on any atom is 0.417 e. The molecule has 0 aliphatic carbocycles. The van der Waals surface area contributed by atoms with E-state index in [1.807, 2.05) is 0 Å². The zero-order valence-electron chi connectivity index (χ0n) is 17.2. The second-order valence-electron chi connectivity index (χ2n) is 7.98. The van der Waals surface area contributed by atoms with E-state index in [2.05, 4.69) is 9.97 Å². The number of rotatable bonds is 7. The highest BCUT2D eigenvalue weighted by Crippen LogP contribution is 2.33. The molecule has 2 heterocycles. The van der Waals surface area contributed by atoms with Crippen molar-refractivity contribution in [2.75, 3.05) is 26.4 Å². The van der Waals surface area contributed by atoms with Gasteiger partial charge in [-0.1, -0.05) is 20.8 Å². The van der Waals surface area contributed by atoms with Gasteiger partial charge in [0.05, 0.1) is 5.56 Å². The summed E-state index contributed by atoms with van der Waals surface area (Å²) in [5, 5.41) is -1.40. The Morgan fingerprint density at radius 3 is 2.34 bits per heavy atom. The van der Waals surface area contributed by atoms with Crippen LogP contribution in [0.3, 0.4) is 0 Å². The number of carbonyl (C=O) groups excluding carboxylic acids is 1. The molecule has 0 radical (unpaired) electrons. The highest BCUT2D eigenvalue weighted by atomic mass is 32.2. The molecule has 0 aliphatic heterocycles. The molecule has 2 aromatic heterocycles. The summed E-state index contributed by atoms with van der Waals surface area (Å²) in [5.74, 6) is -1.24. The molecule has 2 rings (SSSR count). The maximum atomic E-state index is 13.3. The number of alkyl halides is 3. The number of halogens is 3. The Morgan fingerprint density at radius 1 is 1.28 bits per heavy atom. The molecule has 0 spiro atoms. The molecular formula is C18H25F3N4O3S. The Hall–Kier alpha value is -2.01. The fourth-order valence-corrected chi connectivity index (χ4v) is 5.45. The summed E-state index contributed by atoms with van der Waals surface area (Å²) < 4.78 is 65.8. The van der Waals surface area contributed by atoms with Crippen molar-refractivity contribution in [3.05, 3.63) is 23.7 Å². The number of imidazole rings is 1. The van der Waals surface area contributed by atoms with Crippen LogP contribution in [0.1, 0.15) is 37.0 Å². The van der Waals surface area contributed by atoms with Gasteiger partial charge in [0.2, 0.25) is 5.78 Å². The van der Waals surface area contributed by atoms with Crippen LogP contribution in [0.5, 0.6) is 0 Å². The first-order valence-corrected chi connectivity index (χ1v) is 10.6. The lowest BCUT2D eigenvalue weighted by molar-refractivity contribution is -0.137. The average molecular weight is 434 g/mol. The predicted octanol–water partition coefficient (Wildman–Crippen LogP) is 2.56. The first kappa shape index (κ1) is 23.3. The lowest BCUT2D eigenvalue weighted by atomic mass is 9.86. The molecule has 0 fully saturated rings. The van der Waals surface area contributed by atoms with Gasteiger partial charge in [0, 0.05) is 31.0 Å². The molecule has 2 aromatic rings. The van der Waals surface area contributed by atoms with Crippen molar-refractivity contribution < 1.29 is 26.4 Å². The van der Waals surface area contributed by atoms with Crippen LogP contribution in [0.15, 0.2) is 12.3 Å². The summed E-state index contributed by atoms with van der Waals surface area (Å²) >= 11 is 0. The van der Waals surface area contributed by atoms with Gasteiger partial charge in [0.15, 0.2) is 21.3 Å². The Kier molecular flexibility index (Phi) is 6.16. The average Bonchev–Trinajstić information content (AvgIpc) is 2.89. The van der Waals surface area contributed by atoms with E-state index in [0.29, 0.717) is 12.7 Å². The molecule has 0 N–H and O–H groups in total. The standard InChI is InChI=1S/C18H25F3N4O3S/c1-7-29(27,28)14(17(2,3)10-24(4)5)13(26)16-23-12-8-11(18(19,20)21)9-22-15(12)25(16)6/h8-9,14H,7,10H2,1-6H3. The van der Waals surface area contributed by atoms with Gasteiger partial charge in [-0.2, -0.15) is 13.2 Å². The summed E-state index contributed by atoms with van der Waals surface area (Å²) in [7, 11) is 1.13. The molecule has 0 saturated carbocycles. The van der Waals surface area contributed by atoms with Gasteiger partial charge < -0.3 is 9.47 Å². The third-order valence-electron chi connectivity index (χ3n) is 4.69. The van der Waals surface area contributed by atoms with Crippen molar-refractivity contribution in [1.82, 2.24) is 19.4 Å². The summed E-state index contributed by atoms with van der Waals surface area (Å²) in [4.78, 5) is 22.9. The van der Waals surface area contributed by atoms with Crippen LogP contribution in [0, 0.1) is 5.41 Å². The van der Waals surface area contributed by atoms with E-state index in [4.69, 9.17) is 0 Å². The van der Waals surface area contributed by atoms with Gasteiger partial charge in [-0.05, 0) is 20.2 Å². The quantitative estimate of drug-likeness (QED) is 0.623. The van der Waals surface area contributed by atoms with E-state index in [9.17, 15) is 26.4 Å². The molecule has 1 unspecified atom stereocenters. The largest absolute Gasteiger partial charge is 0.417 e. The third-order valence-corrected chi connectivity index (χ3v) is 7.06. The number of hydrogen-bond acceptors (Lipinski definition) is 6. The predicted molar refractivity (Wildman–Crippen MR) is 103 cm³/mol. The Labute approximate surface area is 167 Å². The van der Waals surface area contributed by atoms with E-state index in [0.717, 1.165) is 6.07 Å². The number of Topliss-reactive ketones (excluding diaryl/α,β-unsaturated/α-hetero) is 1. The molecular weight excluding hydrogens is 409 g/mol. The molecule has 0 saturated heterocycles. The molecule has 0 bridgehead atoms. The minimum absolute atomic E-state index is 0.0689. The summed E-state index contributed by atoms with van der Waals surface area (Å²) in [6.45, 7) is 5.10. The van der Waals surface area contributed by atoms with Crippen LogP contribution in [0.4, 0.5) is 13.2 Å². The van der Waals surface area contributed by atoms with Crippen LogP contribution < -0.4 is 0 Å². The molecule has 29 heavy (non-hydrogen) atoms. The number of hydrogen-bond donors (Lipinski definition) is 0. The van der Waals surface area contributed by atoms with E-state index < -0.39 is 38.0 Å². The first-order chi connectivity index (χ1) is 13.1. The summed E-state index contributed by atoms with van der Waals surface area (Å²) in [5.41, 5.74) is -2.01. The number of carbonyl (C=O) groups is 1. The summed E-state index contributed by atoms with van der Waals surface area (Å²) in [6.07, 6.45) is -3.95. The monoisotopic (exact) mass is 434 g/mol. The van der Waals surface area contributed by atoms with E-state index in [1.165, 1.54) is 18.5 Å². The minimum atomic E-state index is -4.61. The number of aromatic nitrogens is 3. The molecule has 1 atom stereocenters. The molecule has 11 heteroatoms. The highest BCUT2D eigenvalue weighted by Gasteiger charge is 2.46. The SMILES string of the molecule is CCS(=O)(=O)C(C(=O)c1nc2cc(C(F)(F)F)cnc2n1C)C(C)(C)CN(C)C. The molecule has 162 valence electrons. The highest BCUT2D eigenvalue weighted by molar-refractivity contribution is 7.92.